The first-order valence-corrected chi connectivity index (χ1v) is 18.8. The van der Waals surface area contributed by atoms with E-state index in [4.69, 9.17) is 18.5 Å². The van der Waals surface area contributed by atoms with Gasteiger partial charge in [-0.1, -0.05) is 33.3 Å². The lowest BCUT2D eigenvalue weighted by atomic mass is 10.1. The first-order valence-electron chi connectivity index (χ1n) is 14.7. The van der Waals surface area contributed by atoms with E-state index < -0.39 is 75.5 Å². The van der Waals surface area contributed by atoms with Crippen molar-refractivity contribution in [1.82, 2.24) is 0 Å². The molecule has 11 nitrogen and oxygen atoms in total. The first-order chi connectivity index (χ1) is 23.5. The molecule has 4 aromatic carbocycles. The van der Waals surface area contributed by atoms with Crippen molar-refractivity contribution < 1.29 is 66.6 Å². The van der Waals surface area contributed by atoms with Crippen LogP contribution >= 0.6 is 8.25 Å². The zero-order valence-electron chi connectivity index (χ0n) is 25.8. The fraction of sp³-hybridized carbons (Fsp3) is 0.250. The quantitative estimate of drug-likeness (QED) is 0.0570. The van der Waals surface area contributed by atoms with E-state index in [1.54, 1.807) is 24.3 Å². The molecular formula is C32H30F4O11PS2+. The predicted octanol–water partition coefficient (Wildman–Crippen LogP) is 8.29. The van der Waals surface area contributed by atoms with Gasteiger partial charge in [0, 0.05) is 41.0 Å². The van der Waals surface area contributed by atoms with Crippen molar-refractivity contribution >= 4 is 28.5 Å². The molecule has 0 saturated carbocycles. The lowest BCUT2D eigenvalue weighted by molar-refractivity contribution is 0.170. The maximum absolute atomic E-state index is 13.5. The Hall–Kier alpha value is -3.96. The summed E-state index contributed by atoms with van der Waals surface area (Å²) < 4.78 is 154. The van der Waals surface area contributed by atoms with E-state index in [1.165, 1.54) is 24.3 Å². The number of benzene rings is 4. The van der Waals surface area contributed by atoms with E-state index in [-0.39, 0.29) is 48.7 Å². The van der Waals surface area contributed by atoms with Crippen molar-refractivity contribution in [2.75, 3.05) is 0 Å². The summed E-state index contributed by atoms with van der Waals surface area (Å²) in [5, 5.41) is 0. The predicted molar refractivity (Wildman–Crippen MR) is 172 cm³/mol. The third-order valence-corrected chi connectivity index (χ3v) is 9.95. The summed E-state index contributed by atoms with van der Waals surface area (Å²) in [6.07, 6.45) is -0.405. The van der Waals surface area contributed by atoms with Gasteiger partial charge in [-0.15, -0.1) is 0 Å². The van der Waals surface area contributed by atoms with Crippen LogP contribution in [0.5, 0.6) is 23.0 Å². The van der Waals surface area contributed by atoms with Crippen LogP contribution < -0.4 is 9.47 Å². The fourth-order valence-corrected chi connectivity index (χ4v) is 7.52. The third kappa shape index (κ3) is 12.7. The van der Waals surface area contributed by atoms with Crippen LogP contribution in [0.15, 0.2) is 84.9 Å². The highest BCUT2D eigenvalue weighted by atomic mass is 32.2. The van der Waals surface area contributed by atoms with Gasteiger partial charge in [0.05, 0.1) is 0 Å². The van der Waals surface area contributed by atoms with Gasteiger partial charge >= 0.3 is 8.25 Å². The monoisotopic (exact) mass is 761 g/mol. The molecular weight excluding hydrogens is 731 g/mol. The van der Waals surface area contributed by atoms with Crippen LogP contribution in [0.25, 0.3) is 0 Å². The average molecular weight is 762 g/mol. The van der Waals surface area contributed by atoms with E-state index in [0.29, 0.717) is 23.3 Å². The van der Waals surface area contributed by atoms with Crippen LogP contribution in [-0.4, -0.2) is 36.8 Å². The zero-order valence-corrected chi connectivity index (χ0v) is 28.4. The second-order valence-electron chi connectivity index (χ2n) is 10.8. The third-order valence-electron chi connectivity index (χ3n) is 6.82. The summed E-state index contributed by atoms with van der Waals surface area (Å²) in [7, 11) is -13.4. The van der Waals surface area contributed by atoms with Crippen LogP contribution in [0.3, 0.4) is 0 Å². The van der Waals surface area contributed by atoms with Crippen molar-refractivity contribution in [3.05, 3.63) is 119 Å². The van der Waals surface area contributed by atoms with Gasteiger partial charge in [-0.2, -0.15) is 16.8 Å². The largest absolute Gasteiger partial charge is 0.700 e. The summed E-state index contributed by atoms with van der Waals surface area (Å²) in [6, 6.07) is 17.9. The number of hydrogen-bond acceptors (Lipinski definition) is 9. The number of aryl methyl sites for hydroxylation is 2. The molecule has 0 fully saturated rings. The van der Waals surface area contributed by atoms with Gasteiger partial charge in [0.15, 0.2) is 0 Å². The first kappa shape index (κ1) is 38.8. The number of halogens is 4. The molecule has 0 aliphatic heterocycles. The molecule has 0 bridgehead atoms. The minimum absolute atomic E-state index is 0.0321. The molecule has 2 atom stereocenters. The summed E-state index contributed by atoms with van der Waals surface area (Å²) in [6.45, 7) is 0. The maximum atomic E-state index is 13.5. The van der Waals surface area contributed by atoms with Gasteiger partial charge in [0.1, 0.15) is 46.3 Å². The topological polar surface area (TPSA) is 163 Å². The lowest BCUT2D eigenvalue weighted by Crippen LogP contribution is -2.25. The smallest absolute Gasteiger partial charge is 0.457 e. The molecule has 2 unspecified atom stereocenters. The second-order valence-corrected chi connectivity index (χ2v) is 14.8. The van der Waals surface area contributed by atoms with Gasteiger partial charge in [-0.3, -0.25) is 9.11 Å². The Morgan fingerprint density at radius 2 is 0.920 bits per heavy atom. The molecule has 0 heterocycles. The van der Waals surface area contributed by atoms with E-state index >= 15 is 0 Å². The molecule has 268 valence electrons. The molecule has 0 amide bonds. The molecule has 0 aliphatic rings. The van der Waals surface area contributed by atoms with Crippen molar-refractivity contribution in [3.8, 4) is 23.0 Å². The molecule has 0 saturated heterocycles. The summed E-state index contributed by atoms with van der Waals surface area (Å²) in [4.78, 5) is 0. The van der Waals surface area contributed by atoms with Gasteiger partial charge in [-0.25, -0.2) is 17.6 Å². The highest BCUT2D eigenvalue weighted by Crippen LogP contribution is 2.34. The minimum Gasteiger partial charge on any atom is -0.457 e. The molecule has 0 radical (unpaired) electrons. The van der Waals surface area contributed by atoms with Crippen molar-refractivity contribution in [1.29, 1.82) is 0 Å². The SMILES string of the molecule is O=[P+](OC(CCCc1cccc(Oc2cc(F)cc(F)c2)c1)S(=O)(=O)O)OC(CCCc1cccc(Oc2cc(F)cc(F)c2)c1)S(=O)(=O)O. The summed E-state index contributed by atoms with van der Waals surface area (Å²) in [5.41, 5.74) is -2.98. The normalized spacial score (nSPS) is 13.4. The molecule has 50 heavy (non-hydrogen) atoms. The Balaban J connectivity index is 1.30. The Kier molecular flexibility index (Phi) is 13.4. The molecule has 18 heteroatoms. The van der Waals surface area contributed by atoms with E-state index in [9.17, 15) is 48.1 Å². The highest BCUT2D eigenvalue weighted by Gasteiger charge is 2.41. The van der Waals surface area contributed by atoms with Crippen LogP contribution in [0.2, 0.25) is 0 Å². The van der Waals surface area contributed by atoms with Crippen molar-refractivity contribution in [2.24, 2.45) is 0 Å². The molecule has 0 spiro atoms. The van der Waals surface area contributed by atoms with Crippen LogP contribution in [-0.2, 0) is 46.7 Å². The van der Waals surface area contributed by atoms with E-state index in [0.717, 1.165) is 24.3 Å². The zero-order chi connectivity index (χ0) is 36.5. The van der Waals surface area contributed by atoms with Gasteiger partial charge in [-0.05, 0) is 73.9 Å². The molecule has 0 aliphatic carbocycles. The maximum Gasteiger partial charge on any atom is 0.700 e. The summed E-state index contributed by atoms with van der Waals surface area (Å²) in [5.74, 6) is -3.08. The van der Waals surface area contributed by atoms with Crippen LogP contribution in [0.1, 0.15) is 36.8 Å². The standard InChI is InChI=1S/C32H29F4O11PS2/c33-23-15-24(34)18-29(17-23)44-27-9-1-5-21(13-27)7-3-11-31(49(38,39)40)46-48(37)47-32(50(41,42)43)12-4-8-22-6-2-10-28(14-22)45-30-19-25(35)16-26(36)20-30/h1-2,5-6,9-10,13-20,31-32H,3-4,7-8,11-12H2,(H-,38,39,40,41,42,43)/p+1. The highest BCUT2D eigenvalue weighted by molar-refractivity contribution is 7.86. The second kappa shape index (κ2) is 17.3. The Labute approximate surface area is 286 Å². The Morgan fingerprint density at radius 1 is 0.560 bits per heavy atom. The number of hydrogen-bond donors (Lipinski definition) is 2. The number of ether oxygens (including phenoxy) is 2. The lowest BCUT2D eigenvalue weighted by Gasteiger charge is -2.11. The Bertz CT molecular complexity index is 1850. The van der Waals surface area contributed by atoms with Crippen LogP contribution in [0.4, 0.5) is 17.6 Å². The Morgan fingerprint density at radius 3 is 1.26 bits per heavy atom. The van der Waals surface area contributed by atoms with E-state index in [2.05, 4.69) is 0 Å². The molecule has 2 N–H and O–H groups in total. The van der Waals surface area contributed by atoms with Crippen molar-refractivity contribution in [3.63, 3.8) is 0 Å². The van der Waals surface area contributed by atoms with Gasteiger partial charge in [0.25, 0.3) is 20.2 Å². The van der Waals surface area contributed by atoms with Crippen molar-refractivity contribution in [2.45, 2.75) is 49.4 Å². The van der Waals surface area contributed by atoms with Gasteiger partial charge in [0.2, 0.25) is 10.9 Å². The van der Waals surface area contributed by atoms with E-state index in [1.807, 2.05) is 0 Å². The van der Waals surface area contributed by atoms with Crippen LogP contribution in [0, 0.1) is 23.3 Å². The summed E-state index contributed by atoms with van der Waals surface area (Å²) >= 11 is 0. The van der Waals surface area contributed by atoms with Gasteiger partial charge < -0.3 is 9.47 Å². The minimum atomic E-state index is -4.97. The molecule has 4 aromatic rings. The number of rotatable bonds is 18. The molecule has 0 aromatic heterocycles. The average Bonchev–Trinajstić information content (AvgIpc) is 2.98. The molecule has 4 rings (SSSR count). The fourth-order valence-electron chi connectivity index (χ4n) is 4.65.